The molecule has 5 nitrogen and oxygen atoms in total. The van der Waals surface area contributed by atoms with Gasteiger partial charge in [-0.05, 0) is 31.7 Å². The number of aromatic nitrogens is 2. The van der Waals surface area contributed by atoms with Gasteiger partial charge in [0.2, 0.25) is 5.91 Å². The van der Waals surface area contributed by atoms with Gasteiger partial charge in [-0.3, -0.25) is 9.59 Å². The number of H-pyrrole nitrogens is 1. The Balaban J connectivity index is 1.45. The van der Waals surface area contributed by atoms with Crippen LogP contribution in [-0.4, -0.2) is 39.1 Å². The van der Waals surface area contributed by atoms with Crippen LogP contribution in [0, 0.1) is 0 Å². The number of rotatable bonds is 5. The number of fused-ring (bicyclic) bond motifs is 1. The summed E-state index contributed by atoms with van der Waals surface area (Å²) < 4.78 is 0. The quantitative estimate of drug-likeness (QED) is 0.678. The maximum absolute atomic E-state index is 12.7. The minimum absolute atomic E-state index is 0.114. The van der Waals surface area contributed by atoms with Crippen LogP contribution in [0.15, 0.2) is 40.5 Å². The Morgan fingerprint density at radius 3 is 2.93 bits per heavy atom. The monoisotopic (exact) mass is 413 g/mol. The second-order valence-corrected chi connectivity index (χ2v) is 8.98. The first-order valence-corrected chi connectivity index (χ1v) is 11.6. The van der Waals surface area contributed by atoms with Gasteiger partial charge in [-0.25, -0.2) is 4.98 Å². The second-order valence-electron chi connectivity index (χ2n) is 7.13. The van der Waals surface area contributed by atoms with Crippen molar-refractivity contribution >= 4 is 39.2 Å². The van der Waals surface area contributed by atoms with Gasteiger partial charge in [0, 0.05) is 23.5 Å². The summed E-state index contributed by atoms with van der Waals surface area (Å²) in [7, 11) is 0. The van der Waals surface area contributed by atoms with Crippen LogP contribution in [0.3, 0.4) is 0 Å². The molecule has 0 radical (unpaired) electrons. The predicted octanol–water partition coefficient (Wildman–Crippen LogP) is 4.29. The van der Waals surface area contributed by atoms with Gasteiger partial charge in [0.25, 0.3) is 5.56 Å². The van der Waals surface area contributed by atoms with Crippen LogP contribution in [0.2, 0.25) is 0 Å². The third-order valence-electron chi connectivity index (χ3n) is 5.17. The zero-order valence-electron chi connectivity index (χ0n) is 15.8. The Morgan fingerprint density at radius 2 is 2.14 bits per heavy atom. The highest BCUT2D eigenvalue weighted by atomic mass is 32.2. The van der Waals surface area contributed by atoms with E-state index in [-0.39, 0.29) is 11.5 Å². The predicted molar refractivity (Wildman–Crippen MR) is 117 cm³/mol. The van der Waals surface area contributed by atoms with Crippen molar-refractivity contribution in [3.63, 3.8) is 0 Å². The lowest BCUT2D eigenvalue weighted by Gasteiger charge is -2.33. The van der Waals surface area contributed by atoms with E-state index >= 15 is 0 Å². The van der Waals surface area contributed by atoms with Crippen molar-refractivity contribution in [1.82, 2.24) is 14.9 Å². The number of thioether (sulfide) groups is 1. The van der Waals surface area contributed by atoms with Gasteiger partial charge < -0.3 is 9.88 Å². The minimum atomic E-state index is -0.114. The first-order valence-electron chi connectivity index (χ1n) is 9.56. The summed E-state index contributed by atoms with van der Waals surface area (Å²) in [6.07, 6.45) is 3.38. The number of carbonyl (C=O) groups excluding carboxylic acids is 1. The molecule has 3 heterocycles. The van der Waals surface area contributed by atoms with Gasteiger partial charge in [-0.2, -0.15) is 0 Å². The first-order chi connectivity index (χ1) is 13.6. The van der Waals surface area contributed by atoms with Crippen molar-refractivity contribution in [2.24, 2.45) is 0 Å². The summed E-state index contributed by atoms with van der Waals surface area (Å²) in [5.41, 5.74) is 1.82. The molecule has 1 N–H and O–H groups in total. The van der Waals surface area contributed by atoms with Crippen molar-refractivity contribution < 1.29 is 4.79 Å². The molecule has 28 heavy (non-hydrogen) atoms. The van der Waals surface area contributed by atoms with Crippen LogP contribution in [-0.2, 0) is 10.5 Å². The summed E-state index contributed by atoms with van der Waals surface area (Å²) in [6, 6.07) is 10.2. The lowest BCUT2D eigenvalue weighted by molar-refractivity contribution is -0.131. The summed E-state index contributed by atoms with van der Waals surface area (Å²) in [5, 5.41) is 2.63. The Kier molecular flexibility index (Phi) is 5.82. The van der Waals surface area contributed by atoms with Crippen molar-refractivity contribution in [2.75, 3.05) is 12.3 Å². The molecule has 2 aromatic heterocycles. The van der Waals surface area contributed by atoms with Crippen molar-refractivity contribution in [2.45, 2.75) is 38.0 Å². The zero-order chi connectivity index (χ0) is 19.5. The summed E-state index contributed by atoms with van der Waals surface area (Å²) in [6.45, 7) is 2.98. The number of hydrogen-bond donors (Lipinski definition) is 1. The van der Waals surface area contributed by atoms with Gasteiger partial charge in [0.1, 0.15) is 10.7 Å². The molecule has 1 unspecified atom stereocenters. The molecule has 3 aromatic rings. The highest BCUT2D eigenvalue weighted by Crippen LogP contribution is 2.30. The van der Waals surface area contributed by atoms with Crippen LogP contribution in [0.25, 0.3) is 21.3 Å². The molecule has 1 aromatic carbocycles. The third-order valence-corrected chi connectivity index (χ3v) is 6.97. The molecule has 1 aliphatic rings. The highest BCUT2D eigenvalue weighted by molar-refractivity contribution is 7.99. The van der Waals surface area contributed by atoms with E-state index < -0.39 is 0 Å². The highest BCUT2D eigenvalue weighted by Gasteiger charge is 2.22. The Bertz CT molecular complexity index is 1030. The summed E-state index contributed by atoms with van der Waals surface area (Å²) in [5.74, 6) is 1.76. The molecule has 0 bridgehead atoms. The maximum atomic E-state index is 12.7. The fourth-order valence-corrected chi connectivity index (χ4v) is 5.42. The summed E-state index contributed by atoms with van der Waals surface area (Å²) in [4.78, 5) is 35.4. The maximum Gasteiger partial charge on any atom is 0.260 e. The molecule has 1 aliphatic heterocycles. The van der Waals surface area contributed by atoms with E-state index in [4.69, 9.17) is 0 Å². The molecule has 0 spiro atoms. The number of amides is 1. The molecule has 0 saturated carbocycles. The van der Waals surface area contributed by atoms with Crippen LogP contribution in [0.4, 0.5) is 0 Å². The van der Waals surface area contributed by atoms with Gasteiger partial charge in [0.05, 0.1) is 16.9 Å². The molecule has 1 fully saturated rings. The summed E-state index contributed by atoms with van der Waals surface area (Å²) >= 11 is 3.00. The number of nitrogens with zero attached hydrogens (tertiary/aromatic N) is 2. The first kappa shape index (κ1) is 19.2. The molecule has 1 atom stereocenters. The largest absolute Gasteiger partial charge is 0.339 e. The van der Waals surface area contributed by atoms with E-state index in [0.717, 1.165) is 35.3 Å². The third kappa shape index (κ3) is 4.00. The number of piperidine rings is 1. The lowest BCUT2D eigenvalue weighted by Crippen LogP contribution is -2.42. The normalized spacial score (nSPS) is 17.2. The number of hydrogen-bond acceptors (Lipinski definition) is 5. The average molecular weight is 414 g/mol. The Hall–Kier alpha value is -2.12. The number of nitrogens with one attached hydrogen (secondary N) is 1. The van der Waals surface area contributed by atoms with Gasteiger partial charge in [0.15, 0.2) is 0 Å². The Morgan fingerprint density at radius 1 is 1.32 bits per heavy atom. The molecule has 0 aliphatic carbocycles. The van der Waals surface area contributed by atoms with Gasteiger partial charge >= 0.3 is 0 Å². The van der Waals surface area contributed by atoms with Gasteiger partial charge in [-0.1, -0.05) is 30.3 Å². The van der Waals surface area contributed by atoms with Crippen molar-refractivity contribution in [3.05, 3.63) is 51.9 Å². The van der Waals surface area contributed by atoms with E-state index in [1.165, 1.54) is 29.5 Å². The molecular formula is C21H23N3O2S2. The van der Waals surface area contributed by atoms with E-state index in [1.54, 1.807) is 0 Å². The fraction of sp³-hybridized carbons (Fsp3) is 0.381. The SMILES string of the molecule is CC1CCCCN1C(=O)CSCc1nc2scc(-c3ccccc3)c2c(=O)[nH]1. The van der Waals surface area contributed by atoms with Crippen LogP contribution < -0.4 is 5.56 Å². The number of carbonyl (C=O) groups is 1. The van der Waals surface area contributed by atoms with Crippen LogP contribution >= 0.6 is 23.1 Å². The lowest BCUT2D eigenvalue weighted by atomic mass is 10.0. The molecule has 4 rings (SSSR count). The minimum Gasteiger partial charge on any atom is -0.339 e. The number of benzene rings is 1. The Labute approximate surface area is 172 Å². The fourth-order valence-electron chi connectivity index (χ4n) is 3.68. The van der Waals surface area contributed by atoms with Crippen molar-refractivity contribution in [1.29, 1.82) is 0 Å². The number of thiophene rings is 1. The van der Waals surface area contributed by atoms with Gasteiger partial charge in [-0.15, -0.1) is 23.1 Å². The molecule has 146 valence electrons. The topological polar surface area (TPSA) is 66.1 Å². The number of aromatic amines is 1. The molecular weight excluding hydrogens is 390 g/mol. The average Bonchev–Trinajstić information content (AvgIpc) is 3.13. The number of likely N-dealkylation sites (tertiary alicyclic amines) is 1. The smallest absolute Gasteiger partial charge is 0.260 e. The van der Waals surface area contributed by atoms with Crippen LogP contribution in [0.1, 0.15) is 32.0 Å². The molecule has 1 amide bonds. The van der Waals surface area contributed by atoms with Crippen molar-refractivity contribution in [3.8, 4) is 11.1 Å². The van der Waals surface area contributed by atoms with E-state index in [2.05, 4.69) is 16.9 Å². The second kappa shape index (κ2) is 8.49. The molecule has 7 heteroatoms. The zero-order valence-corrected chi connectivity index (χ0v) is 17.4. The van der Waals surface area contributed by atoms with E-state index in [0.29, 0.717) is 28.8 Å². The van der Waals surface area contributed by atoms with E-state index in [1.807, 2.05) is 40.6 Å². The van der Waals surface area contributed by atoms with E-state index in [9.17, 15) is 9.59 Å². The van der Waals surface area contributed by atoms with Crippen LogP contribution in [0.5, 0.6) is 0 Å². The molecule has 1 saturated heterocycles. The standard InChI is InChI=1S/C21H23N3O2S2/c1-14-7-5-6-10-24(14)18(25)13-27-12-17-22-20(26)19-16(11-28-21(19)23-17)15-8-3-2-4-9-15/h2-4,8-9,11,14H,5-7,10,12-13H2,1H3,(H,22,23,26).